The van der Waals surface area contributed by atoms with Crippen molar-refractivity contribution in [2.45, 2.75) is 26.3 Å². The molecule has 0 spiro atoms. The van der Waals surface area contributed by atoms with Gasteiger partial charge in [-0.1, -0.05) is 29.5 Å². The largest absolute Gasteiger partial charge is 0.361 e. The molecule has 1 aromatic carbocycles. The smallest absolute Gasteiger partial charge is 0.270 e. The second-order valence-corrected chi connectivity index (χ2v) is 9.22. The van der Waals surface area contributed by atoms with E-state index in [-0.39, 0.29) is 11.8 Å². The first-order chi connectivity index (χ1) is 14.6. The lowest BCUT2D eigenvalue weighted by Crippen LogP contribution is -2.35. The summed E-state index contributed by atoms with van der Waals surface area (Å²) in [5.41, 5.74) is 2.72. The number of H-pyrrole nitrogens is 1. The van der Waals surface area contributed by atoms with Gasteiger partial charge in [-0.25, -0.2) is 4.98 Å². The van der Waals surface area contributed by atoms with Gasteiger partial charge >= 0.3 is 0 Å². The molecule has 2 N–H and O–H groups in total. The minimum absolute atomic E-state index is 0.0371. The van der Waals surface area contributed by atoms with Crippen molar-refractivity contribution < 1.29 is 9.59 Å². The molecular formula is C22H25N5O2S. The van der Waals surface area contributed by atoms with E-state index in [0.29, 0.717) is 24.7 Å². The summed E-state index contributed by atoms with van der Waals surface area (Å²) in [7, 11) is 0. The average Bonchev–Trinajstić information content (AvgIpc) is 3.48. The van der Waals surface area contributed by atoms with Crippen molar-refractivity contribution >= 4 is 39.2 Å². The Bertz CT molecular complexity index is 1070. The number of amides is 2. The summed E-state index contributed by atoms with van der Waals surface area (Å²) in [6, 6.07) is 9.88. The predicted octanol–water partition coefficient (Wildman–Crippen LogP) is 3.10. The minimum Gasteiger partial charge on any atom is -0.361 e. The third kappa shape index (κ3) is 3.67. The van der Waals surface area contributed by atoms with Gasteiger partial charge in [-0.15, -0.1) is 0 Å². The summed E-state index contributed by atoms with van der Waals surface area (Å²) in [5, 5.41) is 5.43. The molecule has 1 fully saturated rings. The highest BCUT2D eigenvalue weighted by molar-refractivity contribution is 7.15. The predicted molar refractivity (Wildman–Crippen MR) is 118 cm³/mol. The Kier molecular flexibility index (Phi) is 4.94. The lowest BCUT2D eigenvalue weighted by Gasteiger charge is -2.25. The first-order valence-electron chi connectivity index (χ1n) is 10.4. The highest BCUT2D eigenvalue weighted by Crippen LogP contribution is 2.30. The fourth-order valence-corrected chi connectivity index (χ4v) is 5.35. The molecule has 8 heteroatoms. The van der Waals surface area contributed by atoms with Crippen LogP contribution in [0.15, 0.2) is 30.3 Å². The third-order valence-corrected chi connectivity index (χ3v) is 7.09. The van der Waals surface area contributed by atoms with Crippen molar-refractivity contribution in [2.75, 3.05) is 31.5 Å². The summed E-state index contributed by atoms with van der Waals surface area (Å²) < 4.78 is 0. The monoisotopic (exact) mass is 423 g/mol. The molecule has 1 atom stereocenters. The van der Waals surface area contributed by atoms with Crippen molar-refractivity contribution in [1.82, 2.24) is 19.8 Å². The number of aromatic amines is 1. The Hall–Kier alpha value is -2.87. The van der Waals surface area contributed by atoms with Crippen molar-refractivity contribution in [2.24, 2.45) is 5.92 Å². The second kappa shape index (κ2) is 7.75. The number of fused-ring (bicyclic) bond motifs is 2. The molecule has 1 saturated heterocycles. The van der Waals surface area contributed by atoms with E-state index in [1.807, 2.05) is 40.1 Å². The summed E-state index contributed by atoms with van der Waals surface area (Å²) in [6.45, 7) is 5.41. The van der Waals surface area contributed by atoms with E-state index in [2.05, 4.69) is 10.3 Å². The van der Waals surface area contributed by atoms with Crippen molar-refractivity contribution in [1.29, 1.82) is 0 Å². The second-order valence-electron chi connectivity index (χ2n) is 8.14. The number of rotatable bonds is 4. The topological polar surface area (TPSA) is 81.3 Å². The van der Waals surface area contributed by atoms with Crippen LogP contribution in [-0.2, 0) is 17.8 Å². The van der Waals surface area contributed by atoms with Gasteiger partial charge in [0.2, 0.25) is 5.91 Å². The van der Waals surface area contributed by atoms with Crippen LogP contribution in [0.4, 0.5) is 5.13 Å². The third-order valence-electron chi connectivity index (χ3n) is 6.05. The van der Waals surface area contributed by atoms with Gasteiger partial charge in [0.05, 0.1) is 12.2 Å². The summed E-state index contributed by atoms with van der Waals surface area (Å²) in [5.74, 6) is 0.659. The van der Waals surface area contributed by atoms with E-state index >= 15 is 0 Å². The minimum atomic E-state index is 0.0371. The average molecular weight is 424 g/mol. The molecule has 2 aliphatic rings. The van der Waals surface area contributed by atoms with E-state index in [1.165, 1.54) is 0 Å². The van der Waals surface area contributed by atoms with Crippen LogP contribution in [-0.4, -0.2) is 57.8 Å². The summed E-state index contributed by atoms with van der Waals surface area (Å²) in [6.07, 6.45) is 1.81. The van der Waals surface area contributed by atoms with E-state index in [9.17, 15) is 9.59 Å². The summed E-state index contributed by atoms with van der Waals surface area (Å²) >= 11 is 1.64. The van der Waals surface area contributed by atoms with Gasteiger partial charge < -0.3 is 20.1 Å². The van der Waals surface area contributed by atoms with E-state index in [4.69, 9.17) is 4.98 Å². The Labute approximate surface area is 179 Å². The molecule has 0 bridgehead atoms. The first kappa shape index (κ1) is 19.1. The number of thiazole rings is 1. The lowest BCUT2D eigenvalue weighted by molar-refractivity contribution is -0.127. The molecule has 0 aliphatic carbocycles. The highest BCUT2D eigenvalue weighted by atomic mass is 32.1. The number of carbonyl (C=O) groups excluding carboxylic acids is 2. The maximum absolute atomic E-state index is 13.0. The molecular weight excluding hydrogens is 398 g/mol. The Morgan fingerprint density at radius 3 is 2.93 bits per heavy atom. The molecule has 7 nitrogen and oxygen atoms in total. The molecule has 2 aromatic heterocycles. The zero-order valence-electron chi connectivity index (χ0n) is 17.0. The molecule has 3 aromatic rings. The van der Waals surface area contributed by atoms with Crippen molar-refractivity contribution in [3.8, 4) is 0 Å². The standard InChI is InChI=1S/C22H25N5O2S/c1-14(28)26-8-6-15(12-26)11-23-22-25-18-7-9-27(13-20(18)30-22)21(29)19-10-16-4-2-3-5-17(16)24-19/h2-5,10,15,24H,6-9,11-13H2,1H3,(H,23,25). The molecule has 156 valence electrons. The number of benzene rings is 1. The van der Waals surface area contributed by atoms with Crippen LogP contribution in [0.5, 0.6) is 0 Å². The SMILES string of the molecule is CC(=O)N1CCC(CNc2nc3c(s2)CN(C(=O)c2cc4ccccc4[nH]2)CC3)C1. The van der Waals surface area contributed by atoms with Crippen LogP contribution in [0.3, 0.4) is 0 Å². The molecule has 30 heavy (non-hydrogen) atoms. The maximum Gasteiger partial charge on any atom is 0.270 e. The van der Waals surface area contributed by atoms with Crippen molar-refractivity contribution in [3.63, 3.8) is 0 Å². The number of aromatic nitrogens is 2. The number of anilines is 1. The number of nitrogens with zero attached hydrogens (tertiary/aromatic N) is 3. The molecule has 5 rings (SSSR count). The van der Waals surface area contributed by atoms with Crippen molar-refractivity contribution in [3.05, 3.63) is 46.6 Å². The van der Waals surface area contributed by atoms with Crippen LogP contribution in [0, 0.1) is 5.92 Å². The maximum atomic E-state index is 13.0. The van der Waals surface area contributed by atoms with Crippen LogP contribution in [0.25, 0.3) is 10.9 Å². The van der Waals surface area contributed by atoms with Crippen LogP contribution in [0.2, 0.25) is 0 Å². The number of hydrogen-bond donors (Lipinski definition) is 2. The van der Waals surface area contributed by atoms with Crippen LogP contribution >= 0.6 is 11.3 Å². The van der Waals surface area contributed by atoms with Gasteiger partial charge in [-0.2, -0.15) is 0 Å². The number of likely N-dealkylation sites (tertiary alicyclic amines) is 1. The summed E-state index contributed by atoms with van der Waals surface area (Å²) in [4.78, 5) is 37.5. The van der Waals surface area contributed by atoms with Gasteiger partial charge in [0.25, 0.3) is 5.91 Å². The van der Waals surface area contributed by atoms with Gasteiger partial charge in [-0.3, -0.25) is 9.59 Å². The van der Waals surface area contributed by atoms with Gasteiger partial charge in [0.15, 0.2) is 5.13 Å². The van der Waals surface area contributed by atoms with Crippen LogP contribution in [0.1, 0.15) is 34.4 Å². The number of hydrogen-bond acceptors (Lipinski definition) is 5. The first-order valence-corrected chi connectivity index (χ1v) is 11.2. The number of carbonyl (C=O) groups is 2. The number of nitrogens with one attached hydrogen (secondary N) is 2. The lowest BCUT2D eigenvalue weighted by atomic mass is 10.1. The highest BCUT2D eigenvalue weighted by Gasteiger charge is 2.27. The molecule has 1 unspecified atom stereocenters. The number of para-hydroxylation sites is 1. The van der Waals surface area contributed by atoms with Crippen LogP contribution < -0.4 is 5.32 Å². The van der Waals surface area contributed by atoms with Gasteiger partial charge in [0, 0.05) is 55.3 Å². The quantitative estimate of drug-likeness (QED) is 0.676. The molecule has 0 radical (unpaired) electrons. The fourth-order valence-electron chi connectivity index (χ4n) is 4.32. The molecule has 0 saturated carbocycles. The molecule has 4 heterocycles. The normalized spacial score (nSPS) is 18.6. The molecule has 2 aliphatic heterocycles. The Morgan fingerprint density at radius 1 is 1.27 bits per heavy atom. The zero-order chi connectivity index (χ0) is 20.7. The van der Waals surface area contributed by atoms with E-state index in [0.717, 1.165) is 59.1 Å². The Morgan fingerprint density at radius 2 is 2.13 bits per heavy atom. The molecule has 2 amide bonds. The zero-order valence-corrected chi connectivity index (χ0v) is 17.8. The van der Waals surface area contributed by atoms with E-state index in [1.54, 1.807) is 18.3 Å². The van der Waals surface area contributed by atoms with Gasteiger partial charge in [0.1, 0.15) is 5.69 Å². The Balaban J connectivity index is 1.22. The van der Waals surface area contributed by atoms with Gasteiger partial charge in [-0.05, 0) is 24.5 Å². The van der Waals surface area contributed by atoms with E-state index < -0.39 is 0 Å². The fraction of sp³-hybridized carbons (Fsp3) is 0.409.